The van der Waals surface area contributed by atoms with E-state index in [0.29, 0.717) is 12.1 Å². The highest BCUT2D eigenvalue weighted by molar-refractivity contribution is 7.92. The molecule has 0 spiro atoms. The average molecular weight is 541 g/mol. The van der Waals surface area contributed by atoms with Crippen LogP contribution in [0.25, 0.3) is 0 Å². The molecule has 0 bridgehead atoms. The van der Waals surface area contributed by atoms with E-state index in [4.69, 9.17) is 0 Å². The molecule has 36 heavy (non-hydrogen) atoms. The van der Waals surface area contributed by atoms with E-state index in [-0.39, 0.29) is 34.8 Å². The van der Waals surface area contributed by atoms with Crippen molar-refractivity contribution >= 4 is 31.4 Å². The third-order valence-electron chi connectivity index (χ3n) is 5.99. The minimum absolute atomic E-state index is 0.0249. The number of sulfonamides is 2. The number of anilines is 2. The summed E-state index contributed by atoms with van der Waals surface area (Å²) in [6.07, 6.45) is 1.81. The SMILES string of the molecule is CC(C)CNS(=O)(=O)c1ccc(N2CCC(NC[C@@H](O)c3ccc(O)c(NS(C)(=O)=O)c3)CC2)cc1. The van der Waals surface area contributed by atoms with Crippen LogP contribution < -0.4 is 19.7 Å². The van der Waals surface area contributed by atoms with Crippen LogP contribution in [0.5, 0.6) is 5.75 Å². The Balaban J connectivity index is 1.50. The lowest BCUT2D eigenvalue weighted by molar-refractivity contribution is 0.167. The Morgan fingerprint density at radius 2 is 1.64 bits per heavy atom. The molecule has 10 nitrogen and oxygen atoms in total. The van der Waals surface area contributed by atoms with Crippen molar-refractivity contribution in [2.75, 3.05) is 42.1 Å². The lowest BCUT2D eigenvalue weighted by atomic mass is 10.0. The molecule has 1 atom stereocenters. The summed E-state index contributed by atoms with van der Waals surface area (Å²) in [5.41, 5.74) is 1.48. The van der Waals surface area contributed by atoms with Gasteiger partial charge in [-0.3, -0.25) is 4.72 Å². The first-order chi connectivity index (χ1) is 16.8. The third-order valence-corrected chi connectivity index (χ3v) is 8.02. The first-order valence-electron chi connectivity index (χ1n) is 11.9. The van der Waals surface area contributed by atoms with Crippen molar-refractivity contribution in [1.29, 1.82) is 0 Å². The van der Waals surface area contributed by atoms with Crippen LogP contribution in [-0.2, 0) is 20.0 Å². The van der Waals surface area contributed by atoms with Gasteiger partial charge in [-0.2, -0.15) is 0 Å². The third kappa shape index (κ3) is 8.07. The maximum atomic E-state index is 12.4. The molecule has 1 fully saturated rings. The lowest BCUT2D eigenvalue weighted by Gasteiger charge is -2.34. The standard InChI is InChI=1S/C24H36N4O6S2/c1-17(2)15-26-36(33,34)21-7-5-20(6-8-21)28-12-10-19(11-13-28)25-16-24(30)18-4-9-23(29)22(14-18)27-35(3,31)32/h4-9,14,17,19,24-27,29-30H,10-13,15-16H2,1-3H3/t24-/m1/s1. The number of phenolic OH excluding ortho intramolecular Hbond substituents is 1. The number of phenols is 1. The van der Waals surface area contributed by atoms with Crippen LogP contribution in [0.15, 0.2) is 47.4 Å². The van der Waals surface area contributed by atoms with Gasteiger partial charge in [-0.05, 0) is 60.7 Å². The van der Waals surface area contributed by atoms with Crippen molar-refractivity contribution in [1.82, 2.24) is 10.0 Å². The number of aliphatic hydroxyl groups excluding tert-OH is 1. The normalized spacial score (nSPS) is 16.3. The van der Waals surface area contributed by atoms with Gasteiger partial charge in [-0.15, -0.1) is 0 Å². The molecule has 1 aliphatic heterocycles. The Morgan fingerprint density at radius 1 is 1.00 bits per heavy atom. The summed E-state index contributed by atoms with van der Waals surface area (Å²) in [5.74, 6) is 0.0136. The average Bonchev–Trinajstić information content (AvgIpc) is 2.82. The molecule has 200 valence electrons. The second-order valence-corrected chi connectivity index (χ2v) is 13.1. The van der Waals surface area contributed by atoms with E-state index in [1.54, 1.807) is 18.2 Å². The summed E-state index contributed by atoms with van der Waals surface area (Å²) in [5, 5.41) is 23.8. The zero-order valence-electron chi connectivity index (χ0n) is 20.8. The number of piperidine rings is 1. The second kappa shape index (κ2) is 11.8. The minimum atomic E-state index is -3.56. The number of hydrogen-bond acceptors (Lipinski definition) is 8. The van der Waals surface area contributed by atoms with Crippen molar-refractivity contribution < 1.29 is 27.0 Å². The first kappa shape index (κ1) is 28.2. The van der Waals surface area contributed by atoms with Gasteiger partial charge in [0, 0.05) is 37.9 Å². The molecule has 1 aliphatic rings. The van der Waals surface area contributed by atoms with Gasteiger partial charge in [-0.25, -0.2) is 21.6 Å². The van der Waals surface area contributed by atoms with Gasteiger partial charge in [0.25, 0.3) is 0 Å². The summed E-state index contributed by atoms with van der Waals surface area (Å²) in [6, 6.07) is 11.4. The van der Waals surface area contributed by atoms with Crippen molar-refractivity contribution in [2.45, 2.75) is 43.7 Å². The molecule has 0 radical (unpaired) electrons. The van der Waals surface area contributed by atoms with Crippen LogP contribution in [0.2, 0.25) is 0 Å². The molecule has 0 unspecified atom stereocenters. The van der Waals surface area contributed by atoms with E-state index in [0.717, 1.165) is 37.9 Å². The van der Waals surface area contributed by atoms with E-state index in [2.05, 4.69) is 19.7 Å². The topological polar surface area (TPSA) is 148 Å². The van der Waals surface area contributed by atoms with Crippen LogP contribution in [0, 0.1) is 5.92 Å². The fourth-order valence-corrected chi connectivity index (χ4v) is 5.75. The van der Waals surface area contributed by atoms with E-state index < -0.39 is 26.2 Å². The largest absolute Gasteiger partial charge is 0.506 e. The zero-order chi connectivity index (χ0) is 26.5. The minimum Gasteiger partial charge on any atom is -0.506 e. The predicted octanol–water partition coefficient (Wildman–Crippen LogP) is 1.99. The van der Waals surface area contributed by atoms with Gasteiger partial charge in [0.2, 0.25) is 20.0 Å². The first-order valence-corrected chi connectivity index (χ1v) is 15.3. The molecule has 0 amide bonds. The number of hydrogen-bond donors (Lipinski definition) is 5. The molecule has 0 saturated carbocycles. The number of nitrogens with one attached hydrogen (secondary N) is 3. The quantitative estimate of drug-likeness (QED) is 0.272. The number of aromatic hydroxyl groups is 1. The summed E-state index contributed by atoms with van der Waals surface area (Å²) in [4.78, 5) is 2.46. The molecule has 0 aliphatic carbocycles. The summed E-state index contributed by atoms with van der Waals surface area (Å²) in [6.45, 7) is 6.15. The highest BCUT2D eigenvalue weighted by Crippen LogP contribution is 2.28. The van der Waals surface area contributed by atoms with Gasteiger partial charge >= 0.3 is 0 Å². The van der Waals surface area contributed by atoms with Crippen LogP contribution in [0.1, 0.15) is 38.4 Å². The molecule has 2 aromatic carbocycles. The molecular weight excluding hydrogens is 504 g/mol. The van der Waals surface area contributed by atoms with Crippen LogP contribution >= 0.6 is 0 Å². The Morgan fingerprint density at radius 3 is 2.22 bits per heavy atom. The van der Waals surface area contributed by atoms with Crippen molar-refractivity contribution in [3.63, 3.8) is 0 Å². The molecule has 12 heteroatoms. The van der Waals surface area contributed by atoms with Gasteiger partial charge in [0.1, 0.15) is 5.75 Å². The molecule has 2 aromatic rings. The number of nitrogens with zero attached hydrogens (tertiary/aromatic N) is 1. The Hall–Kier alpha value is -2.38. The van der Waals surface area contributed by atoms with Gasteiger partial charge in [0.15, 0.2) is 0 Å². The Bertz CT molecular complexity index is 1230. The van der Waals surface area contributed by atoms with Crippen LogP contribution in [0.4, 0.5) is 11.4 Å². The molecule has 3 rings (SSSR count). The smallest absolute Gasteiger partial charge is 0.240 e. The number of rotatable bonds is 11. The monoisotopic (exact) mass is 540 g/mol. The van der Waals surface area contributed by atoms with E-state index in [1.165, 1.54) is 12.1 Å². The van der Waals surface area contributed by atoms with Crippen molar-refractivity contribution in [3.8, 4) is 5.75 Å². The van der Waals surface area contributed by atoms with E-state index >= 15 is 0 Å². The number of aliphatic hydroxyl groups is 1. The number of benzene rings is 2. The maximum Gasteiger partial charge on any atom is 0.240 e. The molecule has 1 heterocycles. The summed E-state index contributed by atoms with van der Waals surface area (Å²) in [7, 11) is -7.07. The molecule has 0 aromatic heterocycles. The van der Waals surface area contributed by atoms with Crippen molar-refractivity contribution in [2.24, 2.45) is 5.92 Å². The second-order valence-electron chi connectivity index (χ2n) is 9.58. The highest BCUT2D eigenvalue weighted by atomic mass is 32.2. The van der Waals surface area contributed by atoms with Gasteiger partial charge in [-0.1, -0.05) is 19.9 Å². The van der Waals surface area contributed by atoms with Gasteiger partial charge in [0.05, 0.1) is 22.9 Å². The highest BCUT2D eigenvalue weighted by Gasteiger charge is 2.22. The van der Waals surface area contributed by atoms with E-state index in [1.807, 2.05) is 26.0 Å². The summed E-state index contributed by atoms with van der Waals surface area (Å²) >= 11 is 0. The van der Waals surface area contributed by atoms with E-state index in [9.17, 15) is 27.0 Å². The Labute approximate surface area is 213 Å². The summed E-state index contributed by atoms with van der Waals surface area (Å²) < 4.78 is 52.6. The molecular formula is C24H36N4O6S2. The zero-order valence-corrected chi connectivity index (χ0v) is 22.4. The van der Waals surface area contributed by atoms with Gasteiger partial charge < -0.3 is 20.4 Å². The van der Waals surface area contributed by atoms with Crippen LogP contribution in [0.3, 0.4) is 0 Å². The lowest BCUT2D eigenvalue weighted by Crippen LogP contribution is -2.43. The van der Waals surface area contributed by atoms with Crippen molar-refractivity contribution in [3.05, 3.63) is 48.0 Å². The fraction of sp³-hybridized carbons (Fsp3) is 0.500. The Kier molecular flexibility index (Phi) is 9.23. The predicted molar refractivity (Wildman–Crippen MR) is 141 cm³/mol. The maximum absolute atomic E-state index is 12.4. The molecule has 1 saturated heterocycles. The van der Waals surface area contributed by atoms with Crippen LogP contribution in [-0.4, -0.2) is 65.5 Å². The molecule has 5 N–H and O–H groups in total. The fourth-order valence-electron chi connectivity index (χ4n) is 3.98.